The Labute approximate surface area is 147 Å². The first-order valence-corrected chi connectivity index (χ1v) is 7.42. The predicted octanol–water partition coefficient (Wildman–Crippen LogP) is 3.98. The van der Waals surface area contributed by atoms with E-state index in [1.807, 2.05) is 6.07 Å². The highest BCUT2D eigenvalue weighted by Gasteiger charge is 2.16. The summed E-state index contributed by atoms with van der Waals surface area (Å²) in [4.78, 5) is 16.0. The number of hydrogen-bond acceptors (Lipinski definition) is 4. The molecule has 0 saturated heterocycles. The lowest BCUT2D eigenvalue weighted by atomic mass is 10.1. The Morgan fingerprint density at radius 3 is 2.39 bits per heavy atom. The molecule has 0 unspecified atom stereocenters. The third-order valence-electron chi connectivity index (χ3n) is 3.27. The van der Waals surface area contributed by atoms with Crippen molar-refractivity contribution in [3.8, 4) is 11.9 Å². The minimum Gasteiger partial charge on any atom is -0.494 e. The third-order valence-corrected chi connectivity index (χ3v) is 4.07. The van der Waals surface area contributed by atoms with E-state index in [0.29, 0.717) is 10.6 Å². The fourth-order valence-electron chi connectivity index (χ4n) is 1.98. The maximum Gasteiger partial charge on any atom is 0.271 e. The molecule has 0 aliphatic heterocycles. The minimum atomic E-state index is -0.581. The number of aromatic nitrogens is 1. The Morgan fingerprint density at radius 1 is 1.30 bits per heavy atom. The van der Waals surface area contributed by atoms with Crippen LogP contribution >= 0.6 is 34.8 Å². The van der Waals surface area contributed by atoms with Crippen LogP contribution in [0.4, 0.5) is 5.69 Å². The first-order valence-electron chi connectivity index (χ1n) is 6.29. The molecule has 0 amide bonds. The van der Waals surface area contributed by atoms with Crippen molar-refractivity contribution >= 4 is 46.7 Å². The topological polar surface area (TPSA) is 78.4 Å². The van der Waals surface area contributed by atoms with E-state index < -0.39 is 5.56 Å². The van der Waals surface area contributed by atoms with E-state index in [-0.39, 0.29) is 32.7 Å². The molecule has 1 N–H and O–H groups in total. The van der Waals surface area contributed by atoms with E-state index in [0.717, 1.165) is 4.57 Å². The second kappa shape index (κ2) is 6.63. The van der Waals surface area contributed by atoms with Gasteiger partial charge >= 0.3 is 0 Å². The molecule has 1 aromatic heterocycles. The Kier molecular flexibility index (Phi) is 5.00. The third kappa shape index (κ3) is 3.20. The van der Waals surface area contributed by atoms with Crippen molar-refractivity contribution in [3.63, 3.8) is 0 Å². The molecule has 0 bridgehead atoms. The molecule has 0 atom stereocenters. The van der Waals surface area contributed by atoms with E-state index >= 15 is 0 Å². The molecule has 0 fully saturated rings. The summed E-state index contributed by atoms with van der Waals surface area (Å²) < 4.78 is 0.970. The Bertz CT molecular complexity index is 904. The second-order valence-electron chi connectivity index (χ2n) is 4.69. The van der Waals surface area contributed by atoms with E-state index in [4.69, 9.17) is 40.1 Å². The molecular weight excluding hydrogens is 361 g/mol. The molecule has 2 aromatic rings. The normalized spacial score (nSPS) is 11.0. The van der Waals surface area contributed by atoms with Gasteiger partial charge in [0.1, 0.15) is 17.3 Å². The summed E-state index contributed by atoms with van der Waals surface area (Å²) in [5.41, 5.74) is 0.162. The van der Waals surface area contributed by atoms with E-state index in [2.05, 4.69) is 4.99 Å². The number of nitrogens with zero attached hydrogens (tertiary/aromatic N) is 3. The number of halogens is 3. The Morgan fingerprint density at radius 2 is 1.87 bits per heavy atom. The van der Waals surface area contributed by atoms with Crippen LogP contribution in [0.2, 0.25) is 15.1 Å². The lowest BCUT2D eigenvalue weighted by Gasteiger charge is -2.10. The van der Waals surface area contributed by atoms with Crippen LogP contribution in [-0.4, -0.2) is 15.9 Å². The predicted molar refractivity (Wildman–Crippen MR) is 91.5 cm³/mol. The summed E-state index contributed by atoms with van der Waals surface area (Å²) in [6.07, 6.45) is 1.30. The van der Waals surface area contributed by atoms with Gasteiger partial charge in [-0.1, -0.05) is 34.8 Å². The van der Waals surface area contributed by atoms with Gasteiger partial charge in [-0.15, -0.1) is 0 Å². The number of pyridine rings is 1. The molecule has 0 radical (unpaired) electrons. The van der Waals surface area contributed by atoms with Crippen LogP contribution in [0.15, 0.2) is 21.9 Å². The second-order valence-corrected chi connectivity index (χ2v) is 5.94. The van der Waals surface area contributed by atoms with Crippen LogP contribution in [-0.2, 0) is 7.05 Å². The van der Waals surface area contributed by atoms with Gasteiger partial charge in [-0.05, 0) is 24.6 Å². The summed E-state index contributed by atoms with van der Waals surface area (Å²) in [6, 6.07) is 4.79. The number of nitriles is 1. The van der Waals surface area contributed by atoms with Crippen molar-refractivity contribution < 1.29 is 5.11 Å². The molecule has 0 aliphatic rings. The van der Waals surface area contributed by atoms with Gasteiger partial charge in [-0.3, -0.25) is 14.4 Å². The van der Waals surface area contributed by atoms with Crippen molar-refractivity contribution in [3.05, 3.63) is 54.2 Å². The highest BCUT2D eigenvalue weighted by Crippen LogP contribution is 2.36. The van der Waals surface area contributed by atoms with E-state index in [1.165, 1.54) is 25.4 Å². The van der Waals surface area contributed by atoms with Crippen molar-refractivity contribution in [2.24, 2.45) is 12.0 Å². The van der Waals surface area contributed by atoms with E-state index in [1.54, 1.807) is 6.92 Å². The molecular formula is C15H10Cl3N3O2. The summed E-state index contributed by atoms with van der Waals surface area (Å²) >= 11 is 17.9. The van der Waals surface area contributed by atoms with Gasteiger partial charge in [0.2, 0.25) is 5.88 Å². The van der Waals surface area contributed by atoms with Gasteiger partial charge in [-0.2, -0.15) is 5.26 Å². The summed E-state index contributed by atoms with van der Waals surface area (Å²) in [6.45, 7) is 1.55. The molecule has 0 aliphatic carbocycles. The van der Waals surface area contributed by atoms with Crippen LogP contribution in [0.1, 0.15) is 16.7 Å². The summed E-state index contributed by atoms with van der Waals surface area (Å²) in [5.74, 6) is -0.309. The zero-order chi connectivity index (χ0) is 17.3. The fraction of sp³-hybridized carbons (Fsp3) is 0.133. The van der Waals surface area contributed by atoms with Crippen LogP contribution < -0.4 is 5.56 Å². The monoisotopic (exact) mass is 369 g/mol. The first kappa shape index (κ1) is 17.4. The van der Waals surface area contributed by atoms with Gasteiger partial charge < -0.3 is 5.11 Å². The summed E-state index contributed by atoms with van der Waals surface area (Å²) in [7, 11) is 1.36. The van der Waals surface area contributed by atoms with Gasteiger partial charge in [-0.25, -0.2) is 0 Å². The molecule has 1 aromatic carbocycles. The largest absolute Gasteiger partial charge is 0.494 e. The van der Waals surface area contributed by atoms with E-state index in [9.17, 15) is 9.90 Å². The standard InChI is InChI=1S/C15H10Cl3N3O2/c1-7-9(5-19)14(22)21(2)15(23)10(7)6-20-13-11(17)3-8(16)4-12(13)18/h3-4,6,23H,1-2H3. The van der Waals surface area contributed by atoms with Crippen molar-refractivity contribution in [1.29, 1.82) is 5.26 Å². The average molecular weight is 371 g/mol. The quantitative estimate of drug-likeness (QED) is 0.812. The number of rotatable bonds is 2. The highest BCUT2D eigenvalue weighted by atomic mass is 35.5. The molecule has 0 saturated carbocycles. The van der Waals surface area contributed by atoms with Crippen LogP contribution in [0.3, 0.4) is 0 Å². The molecule has 2 rings (SSSR count). The Hall–Kier alpha value is -2.00. The average Bonchev–Trinajstić information content (AvgIpc) is 2.47. The minimum absolute atomic E-state index is 0.0694. The number of hydrogen-bond donors (Lipinski definition) is 1. The van der Waals surface area contributed by atoms with Crippen molar-refractivity contribution in [2.45, 2.75) is 6.92 Å². The van der Waals surface area contributed by atoms with Crippen LogP contribution in [0, 0.1) is 18.3 Å². The number of aromatic hydroxyl groups is 1. The molecule has 8 heteroatoms. The molecule has 1 heterocycles. The lowest BCUT2D eigenvalue weighted by Crippen LogP contribution is -2.22. The van der Waals surface area contributed by atoms with Gasteiger partial charge in [0.25, 0.3) is 5.56 Å². The zero-order valence-electron chi connectivity index (χ0n) is 12.1. The van der Waals surface area contributed by atoms with Crippen LogP contribution in [0.25, 0.3) is 0 Å². The lowest BCUT2D eigenvalue weighted by molar-refractivity contribution is 0.421. The SMILES string of the molecule is Cc1c(C=Nc2c(Cl)cc(Cl)cc2Cl)c(O)n(C)c(=O)c1C#N. The number of aliphatic imine (C=N–C) groups is 1. The molecule has 0 spiro atoms. The van der Waals surface area contributed by atoms with Gasteiger partial charge in [0.05, 0.1) is 15.6 Å². The molecule has 23 heavy (non-hydrogen) atoms. The van der Waals surface area contributed by atoms with Crippen molar-refractivity contribution in [2.75, 3.05) is 0 Å². The van der Waals surface area contributed by atoms with Gasteiger partial charge in [0, 0.05) is 18.3 Å². The highest BCUT2D eigenvalue weighted by molar-refractivity contribution is 6.41. The van der Waals surface area contributed by atoms with Gasteiger partial charge in [0.15, 0.2) is 0 Å². The first-order chi connectivity index (χ1) is 10.8. The fourth-order valence-corrected chi connectivity index (χ4v) is 2.90. The van der Waals surface area contributed by atoms with Crippen molar-refractivity contribution in [1.82, 2.24) is 4.57 Å². The van der Waals surface area contributed by atoms with Crippen LogP contribution in [0.5, 0.6) is 5.88 Å². The summed E-state index contributed by atoms with van der Waals surface area (Å²) in [5, 5.41) is 20.1. The number of benzene rings is 1. The molecule has 118 valence electrons. The zero-order valence-corrected chi connectivity index (χ0v) is 14.3. The molecule has 5 nitrogen and oxygen atoms in total. The smallest absolute Gasteiger partial charge is 0.271 e. The maximum absolute atomic E-state index is 11.9. The maximum atomic E-state index is 11.9. The Balaban J connectivity index is 2.65.